The molecule has 0 aliphatic rings. The fraction of sp³-hybridized carbons (Fsp3) is 0.231. The van der Waals surface area contributed by atoms with Crippen molar-refractivity contribution in [3.05, 3.63) is 51.2 Å². The van der Waals surface area contributed by atoms with Gasteiger partial charge in [0.1, 0.15) is 5.75 Å². The molecule has 2 aromatic rings. The zero-order valence-corrected chi connectivity index (χ0v) is 11.1. The zero-order chi connectivity index (χ0) is 12.3. The molecule has 1 aromatic carbocycles. The number of thiophene rings is 1. The monoisotopic (exact) mass is 267 g/mol. The second-order valence-corrected chi connectivity index (χ2v) is 5.08. The summed E-state index contributed by atoms with van der Waals surface area (Å²) < 4.78 is 0. The average Bonchev–Trinajstić information content (AvgIpc) is 2.81. The van der Waals surface area contributed by atoms with Crippen molar-refractivity contribution in [1.82, 2.24) is 5.32 Å². The molecule has 1 atom stereocenters. The minimum atomic E-state index is 0.238. The maximum atomic E-state index is 9.71. The van der Waals surface area contributed by atoms with Gasteiger partial charge >= 0.3 is 0 Å². The first-order valence-electron chi connectivity index (χ1n) is 5.40. The van der Waals surface area contributed by atoms with Gasteiger partial charge in [-0.3, -0.25) is 0 Å². The van der Waals surface area contributed by atoms with Crippen molar-refractivity contribution >= 4 is 22.9 Å². The molecule has 1 aromatic heterocycles. The summed E-state index contributed by atoms with van der Waals surface area (Å²) in [6.07, 6.45) is 0. The Balaban J connectivity index is 2.03. The Morgan fingerprint density at radius 1 is 1.41 bits per heavy atom. The molecule has 1 heterocycles. The van der Waals surface area contributed by atoms with Crippen molar-refractivity contribution in [2.45, 2.75) is 19.5 Å². The van der Waals surface area contributed by atoms with E-state index in [4.69, 9.17) is 11.6 Å². The van der Waals surface area contributed by atoms with Crippen LogP contribution in [-0.2, 0) is 6.54 Å². The van der Waals surface area contributed by atoms with Crippen molar-refractivity contribution in [2.24, 2.45) is 0 Å². The number of phenolic OH excluding ortho intramolecular Hbond substituents is 1. The van der Waals surface area contributed by atoms with E-state index in [0.717, 1.165) is 5.56 Å². The number of benzene rings is 1. The summed E-state index contributed by atoms with van der Waals surface area (Å²) in [5, 5.41) is 17.8. The molecule has 0 radical (unpaired) electrons. The molecule has 90 valence electrons. The van der Waals surface area contributed by atoms with Gasteiger partial charge in [-0.1, -0.05) is 17.7 Å². The molecule has 2 rings (SSSR count). The van der Waals surface area contributed by atoms with E-state index < -0.39 is 0 Å². The van der Waals surface area contributed by atoms with Crippen LogP contribution < -0.4 is 5.32 Å². The number of rotatable bonds is 4. The van der Waals surface area contributed by atoms with Gasteiger partial charge < -0.3 is 10.4 Å². The molecule has 0 saturated heterocycles. The van der Waals surface area contributed by atoms with Gasteiger partial charge in [-0.05, 0) is 41.4 Å². The molecule has 17 heavy (non-hydrogen) atoms. The van der Waals surface area contributed by atoms with Crippen LogP contribution in [0, 0.1) is 0 Å². The molecule has 0 spiro atoms. The molecule has 0 amide bonds. The van der Waals surface area contributed by atoms with Crippen molar-refractivity contribution in [1.29, 1.82) is 0 Å². The van der Waals surface area contributed by atoms with Crippen molar-refractivity contribution < 1.29 is 5.11 Å². The van der Waals surface area contributed by atoms with Crippen LogP contribution in [0.5, 0.6) is 5.75 Å². The summed E-state index contributed by atoms with van der Waals surface area (Å²) >= 11 is 7.72. The van der Waals surface area contributed by atoms with E-state index in [-0.39, 0.29) is 11.8 Å². The Hall–Kier alpha value is -1.03. The minimum Gasteiger partial charge on any atom is -0.508 e. The lowest BCUT2D eigenvalue weighted by Gasteiger charge is -2.14. The van der Waals surface area contributed by atoms with Crippen LogP contribution in [-0.4, -0.2) is 5.11 Å². The van der Waals surface area contributed by atoms with Gasteiger partial charge in [-0.15, -0.1) is 0 Å². The van der Waals surface area contributed by atoms with Gasteiger partial charge in [-0.25, -0.2) is 0 Å². The normalized spacial score (nSPS) is 12.6. The molecular formula is C13H14ClNOS. The second kappa shape index (κ2) is 5.54. The summed E-state index contributed by atoms with van der Waals surface area (Å²) in [5.74, 6) is 0.238. The first-order chi connectivity index (χ1) is 8.18. The van der Waals surface area contributed by atoms with Gasteiger partial charge in [0.15, 0.2) is 0 Å². The van der Waals surface area contributed by atoms with E-state index in [1.165, 1.54) is 5.56 Å². The first kappa shape index (κ1) is 12.4. The Labute approximate surface area is 110 Å². The molecule has 2 N–H and O–H groups in total. The van der Waals surface area contributed by atoms with Crippen LogP contribution in [0.3, 0.4) is 0 Å². The van der Waals surface area contributed by atoms with Crippen LogP contribution >= 0.6 is 22.9 Å². The largest absolute Gasteiger partial charge is 0.508 e. The van der Waals surface area contributed by atoms with Crippen LogP contribution in [0.2, 0.25) is 5.02 Å². The fourth-order valence-electron chi connectivity index (χ4n) is 1.62. The highest BCUT2D eigenvalue weighted by atomic mass is 35.5. The highest BCUT2D eigenvalue weighted by Gasteiger charge is 2.09. The summed E-state index contributed by atoms with van der Waals surface area (Å²) in [4.78, 5) is 0. The summed E-state index contributed by atoms with van der Waals surface area (Å²) in [6.45, 7) is 2.65. The molecule has 0 aliphatic carbocycles. The smallest absolute Gasteiger partial charge is 0.121 e. The van der Waals surface area contributed by atoms with E-state index in [0.29, 0.717) is 11.6 Å². The van der Waals surface area contributed by atoms with Crippen LogP contribution in [0.15, 0.2) is 35.0 Å². The Kier molecular flexibility index (Phi) is 4.05. The highest BCUT2D eigenvalue weighted by Crippen LogP contribution is 2.26. The maximum absolute atomic E-state index is 9.71. The van der Waals surface area contributed by atoms with Gasteiger partial charge in [-0.2, -0.15) is 11.3 Å². The third-order valence-corrected chi connectivity index (χ3v) is 3.78. The standard InChI is InChI=1S/C13H14ClNOS/c1-9(10-5-6-17-8-10)15-7-11-12(14)3-2-4-13(11)16/h2-6,8-9,15-16H,7H2,1H3. The second-order valence-electron chi connectivity index (χ2n) is 3.90. The lowest BCUT2D eigenvalue weighted by molar-refractivity contribution is 0.460. The van der Waals surface area contributed by atoms with Crippen LogP contribution in [0.25, 0.3) is 0 Å². The van der Waals surface area contributed by atoms with Crippen molar-refractivity contribution in [3.8, 4) is 5.75 Å². The maximum Gasteiger partial charge on any atom is 0.121 e. The van der Waals surface area contributed by atoms with E-state index in [1.807, 2.05) is 0 Å². The zero-order valence-electron chi connectivity index (χ0n) is 9.48. The van der Waals surface area contributed by atoms with E-state index in [9.17, 15) is 5.11 Å². The molecule has 0 saturated carbocycles. The first-order valence-corrected chi connectivity index (χ1v) is 6.72. The van der Waals surface area contributed by atoms with Crippen LogP contribution in [0.1, 0.15) is 24.1 Å². The SMILES string of the molecule is CC(NCc1c(O)cccc1Cl)c1ccsc1. The lowest BCUT2D eigenvalue weighted by Crippen LogP contribution is -2.17. The average molecular weight is 268 g/mol. The van der Waals surface area contributed by atoms with Crippen molar-refractivity contribution in [2.75, 3.05) is 0 Å². The summed E-state index contributed by atoms with van der Waals surface area (Å²) in [5.41, 5.74) is 2.00. The van der Waals surface area contributed by atoms with E-state index in [2.05, 4.69) is 29.1 Å². The molecular weight excluding hydrogens is 254 g/mol. The molecule has 0 bridgehead atoms. The summed E-state index contributed by atoms with van der Waals surface area (Å²) in [7, 11) is 0. The van der Waals surface area contributed by atoms with Gasteiger partial charge in [0, 0.05) is 23.2 Å². The molecule has 4 heteroatoms. The molecule has 0 aliphatic heterocycles. The topological polar surface area (TPSA) is 32.3 Å². The number of phenols is 1. The Bertz CT molecular complexity index is 464. The lowest BCUT2D eigenvalue weighted by atomic mass is 10.1. The third-order valence-electron chi connectivity index (χ3n) is 2.72. The number of halogens is 1. The number of hydrogen-bond acceptors (Lipinski definition) is 3. The van der Waals surface area contributed by atoms with Gasteiger partial charge in [0.2, 0.25) is 0 Å². The molecule has 1 unspecified atom stereocenters. The fourth-order valence-corrected chi connectivity index (χ4v) is 2.61. The molecule has 0 fully saturated rings. The van der Waals surface area contributed by atoms with Crippen LogP contribution in [0.4, 0.5) is 0 Å². The number of hydrogen-bond donors (Lipinski definition) is 2. The molecule has 2 nitrogen and oxygen atoms in total. The predicted molar refractivity (Wildman–Crippen MR) is 72.7 cm³/mol. The number of nitrogens with one attached hydrogen (secondary N) is 1. The number of aromatic hydroxyl groups is 1. The third kappa shape index (κ3) is 3.00. The predicted octanol–water partition coefficient (Wildman–Crippen LogP) is 3.96. The van der Waals surface area contributed by atoms with E-state index >= 15 is 0 Å². The minimum absolute atomic E-state index is 0.238. The van der Waals surface area contributed by atoms with Gasteiger partial charge in [0.05, 0.1) is 0 Å². The highest BCUT2D eigenvalue weighted by molar-refractivity contribution is 7.07. The van der Waals surface area contributed by atoms with Crippen molar-refractivity contribution in [3.63, 3.8) is 0 Å². The van der Waals surface area contributed by atoms with Gasteiger partial charge in [0.25, 0.3) is 0 Å². The Morgan fingerprint density at radius 2 is 2.24 bits per heavy atom. The van der Waals surface area contributed by atoms with E-state index in [1.54, 1.807) is 29.5 Å². The Morgan fingerprint density at radius 3 is 2.88 bits per heavy atom. The quantitative estimate of drug-likeness (QED) is 0.879. The summed E-state index contributed by atoms with van der Waals surface area (Å²) in [6, 6.07) is 7.51.